The lowest BCUT2D eigenvalue weighted by atomic mass is 10.2. The number of nitrogens with one attached hydrogen (secondary N) is 2. The van der Waals surface area contributed by atoms with Crippen LogP contribution in [-0.4, -0.2) is 24.9 Å². The lowest BCUT2D eigenvalue weighted by molar-refractivity contribution is -0.383. The van der Waals surface area contributed by atoms with Crippen LogP contribution < -0.4 is 16.4 Å². The van der Waals surface area contributed by atoms with Gasteiger partial charge in [0.05, 0.1) is 4.92 Å². The van der Waals surface area contributed by atoms with Gasteiger partial charge < -0.3 is 16.4 Å². The zero-order valence-electron chi connectivity index (χ0n) is 13.2. The van der Waals surface area contributed by atoms with Crippen LogP contribution in [-0.2, 0) is 0 Å². The molecular formula is C15H14N8O2. The van der Waals surface area contributed by atoms with E-state index < -0.39 is 4.92 Å². The van der Waals surface area contributed by atoms with Crippen molar-refractivity contribution in [1.82, 2.24) is 19.9 Å². The first kappa shape index (κ1) is 16.1. The van der Waals surface area contributed by atoms with Crippen LogP contribution in [0.25, 0.3) is 0 Å². The fourth-order valence-electron chi connectivity index (χ4n) is 2.11. The van der Waals surface area contributed by atoms with Gasteiger partial charge in [-0.05, 0) is 31.2 Å². The van der Waals surface area contributed by atoms with Gasteiger partial charge in [0.1, 0.15) is 18.5 Å². The molecule has 0 spiro atoms. The first-order valence-electron chi connectivity index (χ1n) is 7.20. The molecular weight excluding hydrogens is 324 g/mol. The van der Waals surface area contributed by atoms with Crippen LogP contribution in [0.1, 0.15) is 5.69 Å². The maximum absolute atomic E-state index is 11.1. The number of nitrogens with two attached hydrogens (primary N) is 1. The number of benzene rings is 1. The molecule has 4 N–H and O–H groups in total. The molecule has 126 valence electrons. The second-order valence-corrected chi connectivity index (χ2v) is 5.09. The highest BCUT2D eigenvalue weighted by Gasteiger charge is 2.20. The van der Waals surface area contributed by atoms with Crippen LogP contribution in [0.15, 0.2) is 43.0 Å². The third kappa shape index (κ3) is 3.75. The summed E-state index contributed by atoms with van der Waals surface area (Å²) in [4.78, 5) is 26.1. The predicted octanol–water partition coefficient (Wildman–Crippen LogP) is 2.55. The molecule has 0 aliphatic carbocycles. The van der Waals surface area contributed by atoms with E-state index in [1.54, 1.807) is 24.3 Å². The molecule has 3 aromatic rings. The van der Waals surface area contributed by atoms with Crippen LogP contribution in [0.2, 0.25) is 0 Å². The van der Waals surface area contributed by atoms with Crippen molar-refractivity contribution < 1.29 is 4.92 Å². The van der Waals surface area contributed by atoms with Crippen LogP contribution in [0.4, 0.5) is 34.5 Å². The smallest absolute Gasteiger partial charge is 0.353 e. The summed E-state index contributed by atoms with van der Waals surface area (Å²) in [6.45, 7) is 1.88. The number of hydrogen-bond acceptors (Lipinski definition) is 9. The summed E-state index contributed by atoms with van der Waals surface area (Å²) in [5.41, 5.74) is 7.46. The Bertz CT molecular complexity index is 914. The van der Waals surface area contributed by atoms with E-state index in [9.17, 15) is 10.1 Å². The first-order chi connectivity index (χ1) is 12.0. The first-order valence-corrected chi connectivity index (χ1v) is 7.20. The van der Waals surface area contributed by atoms with E-state index in [0.717, 1.165) is 17.7 Å². The largest absolute Gasteiger partial charge is 0.378 e. The van der Waals surface area contributed by atoms with Gasteiger partial charge in [-0.15, -0.1) is 0 Å². The van der Waals surface area contributed by atoms with Crippen molar-refractivity contribution in [3.63, 3.8) is 0 Å². The van der Waals surface area contributed by atoms with Crippen molar-refractivity contribution in [3.05, 3.63) is 58.8 Å². The molecule has 0 fully saturated rings. The van der Waals surface area contributed by atoms with Gasteiger partial charge in [-0.2, -0.15) is 0 Å². The molecule has 3 rings (SSSR count). The van der Waals surface area contributed by atoms with E-state index in [1.165, 1.54) is 6.33 Å². The monoisotopic (exact) mass is 338 g/mol. The van der Waals surface area contributed by atoms with E-state index in [4.69, 9.17) is 5.73 Å². The Morgan fingerprint density at radius 1 is 1.00 bits per heavy atom. The normalized spacial score (nSPS) is 10.3. The number of rotatable bonds is 5. The highest BCUT2D eigenvalue weighted by atomic mass is 16.6. The van der Waals surface area contributed by atoms with Gasteiger partial charge in [-0.25, -0.2) is 19.9 Å². The van der Waals surface area contributed by atoms with Crippen molar-refractivity contribution in [2.45, 2.75) is 6.92 Å². The summed E-state index contributed by atoms with van der Waals surface area (Å²) >= 11 is 0. The van der Waals surface area contributed by atoms with E-state index in [2.05, 4.69) is 30.6 Å². The number of aryl methyl sites for hydroxylation is 1. The van der Waals surface area contributed by atoms with Gasteiger partial charge in [0, 0.05) is 23.1 Å². The van der Waals surface area contributed by atoms with Crippen molar-refractivity contribution in [1.29, 1.82) is 0 Å². The minimum absolute atomic E-state index is 0.0321. The second kappa shape index (κ2) is 6.74. The number of hydrogen-bond donors (Lipinski definition) is 3. The van der Waals surface area contributed by atoms with Crippen molar-refractivity contribution in [2.24, 2.45) is 0 Å². The average Bonchev–Trinajstić information content (AvgIpc) is 2.56. The molecule has 0 amide bonds. The molecule has 0 radical (unpaired) electrons. The van der Waals surface area contributed by atoms with Crippen molar-refractivity contribution in [2.75, 3.05) is 16.4 Å². The molecule has 0 aliphatic heterocycles. The predicted molar refractivity (Wildman–Crippen MR) is 92.9 cm³/mol. The SMILES string of the molecule is Cc1cc(Nc2ccc(Nc3ncnc(N)c3[N+](=O)[O-])cc2)ncn1. The fraction of sp³-hybridized carbons (Fsp3) is 0.0667. The Labute approximate surface area is 142 Å². The molecule has 0 bridgehead atoms. The molecule has 2 heterocycles. The van der Waals surface area contributed by atoms with E-state index in [-0.39, 0.29) is 17.3 Å². The summed E-state index contributed by atoms with van der Waals surface area (Å²) in [6.07, 6.45) is 2.64. The minimum Gasteiger partial charge on any atom is -0.378 e. The molecule has 0 aliphatic rings. The maximum Gasteiger partial charge on any atom is 0.353 e. The molecule has 10 heteroatoms. The molecule has 0 atom stereocenters. The zero-order valence-corrected chi connectivity index (χ0v) is 13.2. The van der Waals surface area contributed by atoms with Crippen molar-refractivity contribution in [3.8, 4) is 0 Å². The standard InChI is InChI=1S/C15H14N8O2/c1-9-6-12(18-7-17-9)21-10-2-4-11(5-3-10)22-15-13(23(24)25)14(16)19-8-20-15/h2-8H,1H3,(H,17,18,21)(H3,16,19,20,22). The molecule has 2 aromatic heterocycles. The summed E-state index contributed by atoms with van der Waals surface area (Å²) in [7, 11) is 0. The van der Waals surface area contributed by atoms with E-state index >= 15 is 0 Å². The highest BCUT2D eigenvalue weighted by molar-refractivity contribution is 5.73. The van der Waals surface area contributed by atoms with Crippen LogP contribution >= 0.6 is 0 Å². The van der Waals surface area contributed by atoms with E-state index in [0.29, 0.717) is 11.5 Å². The quantitative estimate of drug-likeness (QED) is 0.472. The average molecular weight is 338 g/mol. The summed E-state index contributed by atoms with van der Waals surface area (Å²) < 4.78 is 0. The van der Waals surface area contributed by atoms with Gasteiger partial charge in [-0.3, -0.25) is 10.1 Å². The van der Waals surface area contributed by atoms with Gasteiger partial charge in [0.25, 0.3) is 0 Å². The van der Waals surface area contributed by atoms with Crippen molar-refractivity contribution >= 4 is 34.5 Å². The highest BCUT2D eigenvalue weighted by Crippen LogP contribution is 2.29. The molecule has 1 aromatic carbocycles. The van der Waals surface area contributed by atoms with Gasteiger partial charge in [-0.1, -0.05) is 0 Å². The topological polar surface area (TPSA) is 145 Å². The molecule has 0 saturated carbocycles. The Balaban J connectivity index is 1.78. The minimum atomic E-state index is -0.620. The van der Waals surface area contributed by atoms with Gasteiger partial charge in [0.2, 0.25) is 11.6 Å². The van der Waals surface area contributed by atoms with E-state index in [1.807, 2.05) is 13.0 Å². The lowest BCUT2D eigenvalue weighted by Crippen LogP contribution is -2.05. The number of aromatic nitrogens is 4. The Morgan fingerprint density at radius 3 is 2.28 bits per heavy atom. The summed E-state index contributed by atoms with van der Waals surface area (Å²) in [5, 5.41) is 17.1. The Hall–Kier alpha value is -3.82. The molecule has 10 nitrogen and oxygen atoms in total. The number of nitrogen functional groups attached to an aromatic ring is 1. The zero-order chi connectivity index (χ0) is 17.8. The third-order valence-electron chi connectivity index (χ3n) is 3.26. The molecule has 0 unspecified atom stereocenters. The molecule has 0 saturated heterocycles. The van der Waals surface area contributed by atoms with Crippen LogP contribution in [0.5, 0.6) is 0 Å². The Morgan fingerprint density at radius 2 is 1.64 bits per heavy atom. The van der Waals surface area contributed by atoms with Gasteiger partial charge >= 0.3 is 5.69 Å². The number of nitro groups is 1. The van der Waals surface area contributed by atoms with Crippen LogP contribution in [0.3, 0.4) is 0 Å². The second-order valence-electron chi connectivity index (χ2n) is 5.09. The fourth-order valence-corrected chi connectivity index (χ4v) is 2.11. The van der Waals surface area contributed by atoms with Crippen LogP contribution in [0, 0.1) is 17.0 Å². The Kier molecular flexibility index (Phi) is 4.33. The lowest BCUT2D eigenvalue weighted by Gasteiger charge is -2.09. The third-order valence-corrected chi connectivity index (χ3v) is 3.26. The summed E-state index contributed by atoms with van der Waals surface area (Å²) in [6, 6.07) is 8.92. The molecule has 25 heavy (non-hydrogen) atoms. The maximum atomic E-state index is 11.1. The number of nitrogens with zero attached hydrogens (tertiary/aromatic N) is 5. The van der Waals surface area contributed by atoms with Gasteiger partial charge in [0.15, 0.2) is 0 Å². The summed E-state index contributed by atoms with van der Waals surface area (Å²) in [5.74, 6) is 0.511. The number of anilines is 5.